The Morgan fingerprint density at radius 1 is 0.371 bits per heavy atom. The molecule has 1 atom stereocenters. The Morgan fingerprint density at radius 3 is 1.23 bits per heavy atom. The first kappa shape index (κ1) is 58.6. The summed E-state index contributed by atoms with van der Waals surface area (Å²) in [5.41, 5.74) is 0. The van der Waals surface area contributed by atoms with Crippen LogP contribution in [0.5, 0.6) is 0 Å². The van der Waals surface area contributed by atoms with Gasteiger partial charge < -0.3 is 14.2 Å². The van der Waals surface area contributed by atoms with Crippen LogP contribution in [-0.2, 0) is 23.8 Å². The zero-order valence-corrected chi connectivity index (χ0v) is 40.3. The summed E-state index contributed by atoms with van der Waals surface area (Å²) < 4.78 is 17.3. The van der Waals surface area contributed by atoms with Crippen LogP contribution in [0.25, 0.3) is 0 Å². The predicted octanol–water partition coefficient (Wildman–Crippen LogP) is 17.2. The molecule has 0 aromatic rings. The van der Waals surface area contributed by atoms with Crippen molar-refractivity contribution < 1.29 is 23.8 Å². The minimum absolute atomic E-state index is 0.0392. The second-order valence-corrected chi connectivity index (χ2v) is 16.3. The Labute approximate surface area is 383 Å². The topological polar surface area (TPSA) is 61.8 Å². The fourth-order valence-corrected chi connectivity index (χ4v) is 6.57. The molecule has 0 saturated heterocycles. The lowest BCUT2D eigenvalue weighted by molar-refractivity contribution is -0.162. The maximum atomic E-state index is 12.7. The van der Waals surface area contributed by atoms with Gasteiger partial charge in [-0.25, -0.2) is 0 Å². The molecule has 0 amide bonds. The smallest absolute Gasteiger partial charge is 0.306 e. The first-order chi connectivity index (χ1) is 30.6. The number of hydrogen-bond acceptors (Lipinski definition) is 5. The molecule has 0 rings (SSSR count). The molecule has 0 bridgehead atoms. The van der Waals surface area contributed by atoms with E-state index in [2.05, 4.69) is 124 Å². The normalized spacial score (nSPS) is 13.1. The van der Waals surface area contributed by atoms with Crippen LogP contribution in [0.4, 0.5) is 0 Å². The van der Waals surface area contributed by atoms with Gasteiger partial charge in [0.25, 0.3) is 0 Å². The zero-order valence-electron chi connectivity index (χ0n) is 40.3. The van der Waals surface area contributed by atoms with E-state index in [-0.39, 0.29) is 31.6 Å². The van der Waals surface area contributed by atoms with Gasteiger partial charge in [0.15, 0.2) is 6.10 Å². The Morgan fingerprint density at radius 2 is 0.758 bits per heavy atom. The number of ether oxygens (including phenoxy) is 3. The van der Waals surface area contributed by atoms with E-state index in [0.717, 1.165) is 89.9 Å². The Balaban J connectivity index is 4.39. The van der Waals surface area contributed by atoms with E-state index < -0.39 is 6.10 Å². The van der Waals surface area contributed by atoms with Gasteiger partial charge in [-0.15, -0.1) is 0 Å². The number of esters is 2. The maximum Gasteiger partial charge on any atom is 0.306 e. The van der Waals surface area contributed by atoms with Crippen LogP contribution in [-0.4, -0.2) is 37.9 Å². The van der Waals surface area contributed by atoms with Gasteiger partial charge in [0.1, 0.15) is 6.61 Å². The lowest BCUT2D eigenvalue weighted by Crippen LogP contribution is -2.30. The first-order valence-corrected chi connectivity index (χ1v) is 25.4. The molecule has 0 aromatic heterocycles. The molecular formula is C57H94O5. The largest absolute Gasteiger partial charge is 0.462 e. The summed E-state index contributed by atoms with van der Waals surface area (Å²) in [4.78, 5) is 25.3. The van der Waals surface area contributed by atoms with E-state index in [1.54, 1.807) is 0 Å². The molecule has 0 spiro atoms. The van der Waals surface area contributed by atoms with E-state index in [1.165, 1.54) is 83.5 Å². The monoisotopic (exact) mass is 859 g/mol. The number of carbonyl (C=O) groups excluding carboxylic acids is 2. The highest BCUT2D eigenvalue weighted by atomic mass is 16.6. The summed E-state index contributed by atoms with van der Waals surface area (Å²) in [5, 5.41) is 0. The summed E-state index contributed by atoms with van der Waals surface area (Å²) in [6.45, 7) is 7.46. The average Bonchev–Trinajstić information content (AvgIpc) is 3.27. The minimum atomic E-state index is -0.591. The molecule has 0 N–H and O–H groups in total. The number of hydrogen-bond donors (Lipinski definition) is 0. The highest BCUT2D eigenvalue weighted by Gasteiger charge is 2.17. The third kappa shape index (κ3) is 49.2. The maximum absolute atomic E-state index is 12.7. The standard InChI is InChI=1S/C57H94O5/c1-4-7-10-13-16-19-22-25-27-28-29-31-34-37-40-43-46-49-52-60-53-55(62-57(59)51-48-45-42-39-36-32-24-21-18-15-12-9-6-3)54-61-56(58)50-47-44-41-38-35-33-30-26-23-20-17-14-11-8-5-2/h8-9,11-12,16-21,25-27,30,32,36,42,45,55H,4-7,10,13-15,22-24,28-29,31,33-35,37-41,43-44,46-54H2,1-3H3/b11-8-,12-9-,19-16-,20-17-,21-18-,27-25-,30-26-,36-32-,45-42-. The van der Waals surface area contributed by atoms with Gasteiger partial charge in [0.05, 0.1) is 6.61 Å². The van der Waals surface area contributed by atoms with E-state index in [1.807, 2.05) is 6.08 Å². The summed E-state index contributed by atoms with van der Waals surface area (Å²) in [7, 11) is 0. The van der Waals surface area contributed by atoms with Crippen molar-refractivity contribution in [2.45, 2.75) is 219 Å². The van der Waals surface area contributed by atoms with Crippen LogP contribution >= 0.6 is 0 Å². The van der Waals surface area contributed by atoms with Gasteiger partial charge in [-0.05, 0) is 109 Å². The van der Waals surface area contributed by atoms with Crippen molar-refractivity contribution in [2.24, 2.45) is 0 Å². The molecule has 62 heavy (non-hydrogen) atoms. The van der Waals surface area contributed by atoms with E-state index in [4.69, 9.17) is 14.2 Å². The molecule has 5 nitrogen and oxygen atoms in total. The summed E-state index contributed by atoms with van der Waals surface area (Å²) in [6, 6.07) is 0. The van der Waals surface area contributed by atoms with E-state index in [9.17, 15) is 9.59 Å². The number of rotatable bonds is 45. The van der Waals surface area contributed by atoms with Crippen molar-refractivity contribution in [1.82, 2.24) is 0 Å². The lowest BCUT2D eigenvalue weighted by atomic mass is 10.1. The molecule has 0 aliphatic carbocycles. The fraction of sp³-hybridized carbons (Fsp3) is 0.649. The van der Waals surface area contributed by atoms with Crippen molar-refractivity contribution in [3.8, 4) is 0 Å². The Hall–Kier alpha value is -3.44. The van der Waals surface area contributed by atoms with E-state index >= 15 is 0 Å². The third-order valence-corrected chi connectivity index (χ3v) is 10.3. The molecule has 0 aliphatic rings. The van der Waals surface area contributed by atoms with Crippen molar-refractivity contribution in [3.63, 3.8) is 0 Å². The number of unbranched alkanes of at least 4 members (excludes halogenated alkanes) is 16. The molecule has 0 saturated carbocycles. The van der Waals surface area contributed by atoms with Crippen molar-refractivity contribution in [1.29, 1.82) is 0 Å². The second kappa shape index (κ2) is 51.9. The highest BCUT2D eigenvalue weighted by molar-refractivity contribution is 5.70. The van der Waals surface area contributed by atoms with Crippen LogP contribution in [0, 0.1) is 0 Å². The summed E-state index contributed by atoms with van der Waals surface area (Å²) in [6.07, 6.45) is 71.1. The zero-order chi connectivity index (χ0) is 44.9. The quantitative estimate of drug-likeness (QED) is 0.0347. The van der Waals surface area contributed by atoms with Gasteiger partial charge in [-0.3, -0.25) is 9.59 Å². The Kier molecular flexibility index (Phi) is 49.0. The fourth-order valence-electron chi connectivity index (χ4n) is 6.57. The van der Waals surface area contributed by atoms with Crippen LogP contribution < -0.4 is 0 Å². The van der Waals surface area contributed by atoms with Crippen LogP contribution in [0.1, 0.15) is 213 Å². The van der Waals surface area contributed by atoms with Crippen LogP contribution in [0.2, 0.25) is 0 Å². The lowest BCUT2D eigenvalue weighted by Gasteiger charge is -2.18. The summed E-state index contributed by atoms with van der Waals surface area (Å²) in [5.74, 6) is -0.519. The molecule has 0 radical (unpaired) electrons. The molecule has 0 fully saturated rings. The molecule has 0 aromatic carbocycles. The van der Waals surface area contributed by atoms with Gasteiger partial charge in [0.2, 0.25) is 0 Å². The van der Waals surface area contributed by atoms with Gasteiger partial charge >= 0.3 is 11.9 Å². The van der Waals surface area contributed by atoms with Gasteiger partial charge in [-0.2, -0.15) is 0 Å². The van der Waals surface area contributed by atoms with Crippen molar-refractivity contribution in [3.05, 3.63) is 109 Å². The number of allylic oxidation sites excluding steroid dienone is 18. The van der Waals surface area contributed by atoms with Crippen LogP contribution in [0.15, 0.2) is 109 Å². The SMILES string of the molecule is CC/C=C\C/C=C\C/C=C\C/C=C\CCC(=O)OC(COCCCCCCCCCC/C=C\C/C=C\CCCCC)COC(=O)CCCCCCC/C=C\C/C=C\C/C=C\CC. The molecule has 0 aliphatic heterocycles. The molecule has 0 heterocycles. The van der Waals surface area contributed by atoms with Crippen LogP contribution in [0.3, 0.4) is 0 Å². The van der Waals surface area contributed by atoms with Gasteiger partial charge in [-0.1, -0.05) is 201 Å². The summed E-state index contributed by atoms with van der Waals surface area (Å²) >= 11 is 0. The molecular weight excluding hydrogens is 765 g/mol. The first-order valence-electron chi connectivity index (χ1n) is 25.4. The van der Waals surface area contributed by atoms with Gasteiger partial charge in [0, 0.05) is 19.4 Å². The minimum Gasteiger partial charge on any atom is -0.462 e. The molecule has 352 valence electrons. The van der Waals surface area contributed by atoms with E-state index in [0.29, 0.717) is 19.4 Å². The Bertz CT molecular complexity index is 1250. The average molecular weight is 859 g/mol. The molecule has 5 heteroatoms. The second-order valence-electron chi connectivity index (χ2n) is 16.3. The van der Waals surface area contributed by atoms with Crippen molar-refractivity contribution >= 4 is 11.9 Å². The highest BCUT2D eigenvalue weighted by Crippen LogP contribution is 2.12. The number of carbonyl (C=O) groups is 2. The predicted molar refractivity (Wildman–Crippen MR) is 269 cm³/mol. The van der Waals surface area contributed by atoms with Crippen molar-refractivity contribution in [2.75, 3.05) is 19.8 Å². The third-order valence-electron chi connectivity index (χ3n) is 10.3. The molecule has 1 unspecified atom stereocenters.